The summed E-state index contributed by atoms with van der Waals surface area (Å²) in [5.41, 5.74) is 0.823. The lowest BCUT2D eigenvalue weighted by atomic mass is 9.99. The van der Waals surface area contributed by atoms with Gasteiger partial charge in [-0.15, -0.1) is 0 Å². The molecule has 1 aromatic carbocycles. The molecule has 1 aromatic rings. The van der Waals surface area contributed by atoms with Crippen LogP contribution in [0.2, 0.25) is 0 Å². The number of aliphatic hydroxyl groups excluding tert-OH is 1. The van der Waals surface area contributed by atoms with Crippen molar-refractivity contribution in [2.24, 2.45) is 5.92 Å². The van der Waals surface area contributed by atoms with Gasteiger partial charge < -0.3 is 15.3 Å². The molecular weight excluding hydrogens is 292 g/mol. The molecular formula is C18H26N2O3. The highest BCUT2D eigenvalue weighted by Gasteiger charge is 2.33. The van der Waals surface area contributed by atoms with Gasteiger partial charge in [-0.2, -0.15) is 0 Å². The van der Waals surface area contributed by atoms with Gasteiger partial charge in [-0.3, -0.25) is 9.59 Å². The number of rotatable bonds is 6. The van der Waals surface area contributed by atoms with E-state index in [0.29, 0.717) is 13.0 Å². The van der Waals surface area contributed by atoms with Gasteiger partial charge in [0.2, 0.25) is 11.8 Å². The quantitative estimate of drug-likeness (QED) is 0.841. The summed E-state index contributed by atoms with van der Waals surface area (Å²) in [7, 11) is 0. The molecule has 2 rings (SSSR count). The van der Waals surface area contributed by atoms with E-state index in [2.05, 4.69) is 5.32 Å². The van der Waals surface area contributed by atoms with Crippen molar-refractivity contribution in [3.63, 3.8) is 0 Å². The van der Waals surface area contributed by atoms with E-state index in [9.17, 15) is 14.7 Å². The number of carbonyl (C=O) groups excluding carboxylic acids is 2. The van der Waals surface area contributed by atoms with E-state index in [0.717, 1.165) is 18.4 Å². The Morgan fingerprint density at radius 2 is 1.96 bits per heavy atom. The van der Waals surface area contributed by atoms with Gasteiger partial charge in [-0.1, -0.05) is 37.3 Å². The minimum absolute atomic E-state index is 0.0140. The Hall–Kier alpha value is -1.88. The fourth-order valence-corrected chi connectivity index (χ4v) is 2.81. The number of amides is 2. The van der Waals surface area contributed by atoms with Gasteiger partial charge in [0, 0.05) is 25.6 Å². The molecule has 5 nitrogen and oxygen atoms in total. The number of nitrogens with one attached hydrogen (secondary N) is 1. The third kappa shape index (κ3) is 4.32. The van der Waals surface area contributed by atoms with Crippen molar-refractivity contribution >= 4 is 11.8 Å². The van der Waals surface area contributed by atoms with Crippen molar-refractivity contribution in [1.82, 2.24) is 10.2 Å². The number of hydrogen-bond donors (Lipinski definition) is 2. The van der Waals surface area contributed by atoms with Crippen LogP contribution in [0.3, 0.4) is 0 Å². The average molecular weight is 318 g/mol. The maximum atomic E-state index is 12.8. The molecule has 1 aliphatic heterocycles. The SMILES string of the molecule is CC(CO)C(C)NC(=O)C(c1ccccc1)N1CCCCC1=O. The average Bonchev–Trinajstić information content (AvgIpc) is 2.57. The van der Waals surface area contributed by atoms with Gasteiger partial charge in [-0.25, -0.2) is 0 Å². The van der Waals surface area contributed by atoms with Crippen LogP contribution in [0.1, 0.15) is 44.7 Å². The number of piperidine rings is 1. The second-order valence-corrected chi connectivity index (χ2v) is 6.31. The number of carbonyl (C=O) groups is 2. The fraction of sp³-hybridized carbons (Fsp3) is 0.556. The number of aliphatic hydroxyl groups is 1. The Morgan fingerprint density at radius 1 is 1.26 bits per heavy atom. The molecule has 1 heterocycles. The van der Waals surface area contributed by atoms with Crippen molar-refractivity contribution in [1.29, 1.82) is 0 Å². The predicted octanol–water partition coefficient (Wildman–Crippen LogP) is 1.87. The first kappa shape index (κ1) is 17.5. The minimum Gasteiger partial charge on any atom is -0.396 e. The lowest BCUT2D eigenvalue weighted by Gasteiger charge is -2.35. The predicted molar refractivity (Wildman–Crippen MR) is 88.6 cm³/mol. The van der Waals surface area contributed by atoms with Gasteiger partial charge in [0.25, 0.3) is 0 Å². The first-order valence-corrected chi connectivity index (χ1v) is 8.30. The van der Waals surface area contributed by atoms with Crippen LogP contribution in [-0.4, -0.2) is 41.0 Å². The highest BCUT2D eigenvalue weighted by molar-refractivity contribution is 5.89. The molecule has 1 aliphatic rings. The monoisotopic (exact) mass is 318 g/mol. The van der Waals surface area contributed by atoms with Crippen molar-refractivity contribution in [3.05, 3.63) is 35.9 Å². The summed E-state index contributed by atoms with van der Waals surface area (Å²) in [5.74, 6) is -0.185. The number of benzene rings is 1. The second kappa shape index (κ2) is 8.11. The minimum atomic E-state index is -0.600. The zero-order valence-corrected chi connectivity index (χ0v) is 13.9. The van der Waals surface area contributed by atoms with Crippen LogP contribution in [0.4, 0.5) is 0 Å². The molecule has 0 saturated carbocycles. The maximum absolute atomic E-state index is 12.8. The maximum Gasteiger partial charge on any atom is 0.247 e. The molecule has 0 radical (unpaired) electrons. The zero-order chi connectivity index (χ0) is 16.8. The summed E-state index contributed by atoms with van der Waals surface area (Å²) in [5, 5.41) is 12.2. The van der Waals surface area contributed by atoms with Gasteiger partial charge >= 0.3 is 0 Å². The summed E-state index contributed by atoms with van der Waals surface area (Å²) in [6.07, 6.45) is 2.31. The van der Waals surface area contributed by atoms with Crippen LogP contribution in [0.15, 0.2) is 30.3 Å². The topological polar surface area (TPSA) is 69.6 Å². The van der Waals surface area contributed by atoms with Crippen LogP contribution in [0, 0.1) is 5.92 Å². The Balaban J connectivity index is 2.23. The van der Waals surface area contributed by atoms with E-state index >= 15 is 0 Å². The van der Waals surface area contributed by atoms with Crippen LogP contribution < -0.4 is 5.32 Å². The lowest BCUT2D eigenvalue weighted by Crippen LogP contribution is -2.49. The van der Waals surface area contributed by atoms with Crippen LogP contribution in [0.5, 0.6) is 0 Å². The van der Waals surface area contributed by atoms with Gasteiger partial charge in [-0.05, 0) is 31.2 Å². The number of nitrogens with zero attached hydrogens (tertiary/aromatic N) is 1. The van der Waals surface area contributed by atoms with Crippen molar-refractivity contribution in [2.75, 3.05) is 13.2 Å². The van der Waals surface area contributed by atoms with E-state index in [1.165, 1.54) is 0 Å². The summed E-state index contributed by atoms with van der Waals surface area (Å²) < 4.78 is 0. The fourth-order valence-electron chi connectivity index (χ4n) is 2.81. The number of hydrogen-bond acceptors (Lipinski definition) is 3. The standard InChI is InChI=1S/C18H26N2O3/c1-13(12-21)14(2)19-18(23)17(15-8-4-3-5-9-15)20-11-7-6-10-16(20)22/h3-5,8-9,13-14,17,21H,6-7,10-12H2,1-2H3,(H,19,23). The molecule has 1 fully saturated rings. The lowest BCUT2D eigenvalue weighted by molar-refractivity contribution is -0.143. The van der Waals surface area contributed by atoms with Crippen molar-refractivity contribution in [3.8, 4) is 0 Å². The Morgan fingerprint density at radius 3 is 2.57 bits per heavy atom. The van der Waals surface area contributed by atoms with Gasteiger partial charge in [0.05, 0.1) is 0 Å². The van der Waals surface area contributed by atoms with Crippen LogP contribution >= 0.6 is 0 Å². The molecule has 5 heteroatoms. The third-order valence-electron chi connectivity index (χ3n) is 4.55. The van der Waals surface area contributed by atoms with E-state index < -0.39 is 6.04 Å². The molecule has 0 aliphatic carbocycles. The molecule has 23 heavy (non-hydrogen) atoms. The Kier molecular flexibility index (Phi) is 6.16. The molecule has 1 saturated heterocycles. The van der Waals surface area contributed by atoms with E-state index in [4.69, 9.17) is 0 Å². The number of likely N-dealkylation sites (tertiary alicyclic amines) is 1. The molecule has 0 bridgehead atoms. The summed E-state index contributed by atoms with van der Waals surface area (Å²) >= 11 is 0. The smallest absolute Gasteiger partial charge is 0.247 e. The first-order chi connectivity index (χ1) is 11.0. The summed E-state index contributed by atoms with van der Waals surface area (Å²) in [6, 6.07) is 8.66. The van der Waals surface area contributed by atoms with Crippen LogP contribution in [0.25, 0.3) is 0 Å². The van der Waals surface area contributed by atoms with E-state index in [-0.39, 0.29) is 30.4 Å². The van der Waals surface area contributed by atoms with Crippen LogP contribution in [-0.2, 0) is 9.59 Å². The normalized spacial score (nSPS) is 19.1. The van der Waals surface area contributed by atoms with Crippen molar-refractivity contribution < 1.29 is 14.7 Å². The Bertz CT molecular complexity index is 532. The molecule has 2 N–H and O–H groups in total. The van der Waals surface area contributed by atoms with E-state index in [1.54, 1.807) is 4.90 Å². The summed E-state index contributed by atoms with van der Waals surface area (Å²) in [6.45, 7) is 4.38. The summed E-state index contributed by atoms with van der Waals surface area (Å²) in [4.78, 5) is 26.8. The highest BCUT2D eigenvalue weighted by Crippen LogP contribution is 2.26. The van der Waals surface area contributed by atoms with Crippen molar-refractivity contribution in [2.45, 2.75) is 45.2 Å². The van der Waals surface area contributed by atoms with Gasteiger partial charge in [0.1, 0.15) is 6.04 Å². The van der Waals surface area contributed by atoms with Gasteiger partial charge in [0.15, 0.2) is 0 Å². The molecule has 3 atom stereocenters. The largest absolute Gasteiger partial charge is 0.396 e. The molecule has 0 spiro atoms. The molecule has 126 valence electrons. The molecule has 3 unspecified atom stereocenters. The van der Waals surface area contributed by atoms with E-state index in [1.807, 2.05) is 44.2 Å². The molecule has 0 aromatic heterocycles. The zero-order valence-electron chi connectivity index (χ0n) is 13.9. The Labute approximate surface area is 137 Å². The third-order valence-corrected chi connectivity index (χ3v) is 4.55. The highest BCUT2D eigenvalue weighted by atomic mass is 16.3. The first-order valence-electron chi connectivity index (χ1n) is 8.30. The molecule has 2 amide bonds. The second-order valence-electron chi connectivity index (χ2n) is 6.31.